The van der Waals surface area contributed by atoms with Crippen LogP contribution in [0.4, 0.5) is 0 Å². The molecule has 0 spiro atoms. The van der Waals surface area contributed by atoms with E-state index in [0.717, 1.165) is 51.9 Å². The predicted octanol–water partition coefficient (Wildman–Crippen LogP) is 5.10. The molecule has 6 rings (SSSR count). The Morgan fingerprint density at radius 1 is 0.971 bits per heavy atom. The van der Waals surface area contributed by atoms with E-state index in [1.807, 2.05) is 52.0 Å². The molecule has 7 heteroatoms. The maximum atomic E-state index is 9.18. The minimum absolute atomic E-state index is 0.188. The molecule has 7 nitrogen and oxygen atoms in total. The average Bonchev–Trinajstić information content (AvgIpc) is 3.42. The molecule has 0 radical (unpaired) electrons. The van der Waals surface area contributed by atoms with Crippen molar-refractivity contribution >= 4 is 10.8 Å². The first-order valence-corrected chi connectivity index (χ1v) is 11.7. The predicted molar refractivity (Wildman–Crippen MR) is 133 cm³/mol. The molecule has 2 aromatic heterocycles. The zero-order chi connectivity index (χ0) is 23.8. The lowest BCUT2D eigenvalue weighted by Gasteiger charge is -2.30. The highest BCUT2D eigenvalue weighted by Gasteiger charge is 2.33. The fourth-order valence-corrected chi connectivity index (χ4v) is 4.90. The van der Waals surface area contributed by atoms with E-state index in [1.165, 1.54) is 0 Å². The molecule has 0 unspecified atom stereocenters. The van der Waals surface area contributed by atoms with Gasteiger partial charge in [0.1, 0.15) is 23.3 Å². The summed E-state index contributed by atoms with van der Waals surface area (Å²) in [7, 11) is 1.67. The van der Waals surface area contributed by atoms with Gasteiger partial charge in [0.15, 0.2) is 0 Å². The lowest BCUT2D eigenvalue weighted by atomic mass is 9.81. The van der Waals surface area contributed by atoms with Crippen molar-refractivity contribution in [2.24, 2.45) is 0 Å². The SMILES string of the molecule is COc1ccc([C@@H]2c3c(ncn(CCCn4ccnc4)c3=N)Oc3ccc4ccccc4c32)cc1. The molecule has 35 heavy (non-hydrogen) atoms. The molecule has 0 aliphatic carbocycles. The van der Waals surface area contributed by atoms with Gasteiger partial charge < -0.3 is 18.6 Å². The molecule has 1 aliphatic heterocycles. The smallest absolute Gasteiger partial charge is 0.228 e. The zero-order valence-corrected chi connectivity index (χ0v) is 19.4. The Labute approximate surface area is 202 Å². The third-order valence-electron chi connectivity index (χ3n) is 6.63. The number of rotatable bonds is 6. The number of aryl methyl sites for hydroxylation is 2. The van der Waals surface area contributed by atoms with Gasteiger partial charge in [-0.1, -0.05) is 42.5 Å². The summed E-state index contributed by atoms with van der Waals surface area (Å²) in [4.78, 5) is 8.77. The number of nitrogens with zero attached hydrogens (tertiary/aromatic N) is 4. The first kappa shape index (κ1) is 21.2. The Balaban J connectivity index is 1.49. The quantitative estimate of drug-likeness (QED) is 0.373. The molecule has 0 amide bonds. The monoisotopic (exact) mass is 463 g/mol. The van der Waals surface area contributed by atoms with Crippen LogP contribution < -0.4 is 15.0 Å². The topological polar surface area (TPSA) is 78.0 Å². The van der Waals surface area contributed by atoms with Crippen LogP contribution in [-0.2, 0) is 13.1 Å². The van der Waals surface area contributed by atoms with Crippen LogP contribution in [0.2, 0.25) is 0 Å². The maximum Gasteiger partial charge on any atom is 0.228 e. The highest BCUT2D eigenvalue weighted by Crippen LogP contribution is 2.48. The van der Waals surface area contributed by atoms with Crippen molar-refractivity contribution in [3.05, 3.63) is 108 Å². The van der Waals surface area contributed by atoms with Crippen LogP contribution in [0.5, 0.6) is 17.4 Å². The van der Waals surface area contributed by atoms with E-state index in [0.29, 0.717) is 17.9 Å². The summed E-state index contributed by atoms with van der Waals surface area (Å²) in [6.45, 7) is 1.50. The number of hydrogen-bond donors (Lipinski definition) is 1. The first-order valence-electron chi connectivity index (χ1n) is 11.7. The van der Waals surface area contributed by atoms with E-state index in [4.69, 9.17) is 9.47 Å². The van der Waals surface area contributed by atoms with Crippen LogP contribution in [-0.4, -0.2) is 26.2 Å². The first-order chi connectivity index (χ1) is 17.2. The maximum absolute atomic E-state index is 9.18. The molecule has 5 aromatic rings. The highest BCUT2D eigenvalue weighted by molar-refractivity contribution is 5.90. The summed E-state index contributed by atoms with van der Waals surface area (Å²) in [5.41, 5.74) is 3.33. The fourth-order valence-electron chi connectivity index (χ4n) is 4.90. The van der Waals surface area contributed by atoms with Crippen LogP contribution >= 0.6 is 0 Å². The van der Waals surface area contributed by atoms with Crippen LogP contribution in [0.3, 0.4) is 0 Å². The van der Waals surface area contributed by atoms with E-state index >= 15 is 0 Å². The van der Waals surface area contributed by atoms with Crippen LogP contribution in [0.1, 0.15) is 29.0 Å². The summed E-state index contributed by atoms with van der Waals surface area (Å²) < 4.78 is 15.7. The molecule has 3 heterocycles. The molecule has 1 atom stereocenters. The molecule has 1 N–H and O–H groups in total. The van der Waals surface area contributed by atoms with Crippen molar-refractivity contribution in [2.75, 3.05) is 7.11 Å². The molecule has 0 saturated carbocycles. The van der Waals surface area contributed by atoms with Gasteiger partial charge in [-0.25, -0.2) is 9.97 Å². The van der Waals surface area contributed by atoms with Gasteiger partial charge in [0, 0.05) is 37.0 Å². The van der Waals surface area contributed by atoms with Gasteiger partial charge >= 0.3 is 0 Å². The van der Waals surface area contributed by atoms with Crippen LogP contribution in [0.15, 0.2) is 85.7 Å². The second kappa shape index (κ2) is 8.76. The van der Waals surface area contributed by atoms with Crippen molar-refractivity contribution in [3.63, 3.8) is 0 Å². The Morgan fingerprint density at radius 2 is 1.83 bits per heavy atom. The van der Waals surface area contributed by atoms with Crippen LogP contribution in [0.25, 0.3) is 10.8 Å². The number of benzene rings is 3. The minimum Gasteiger partial charge on any atom is -0.497 e. The van der Waals surface area contributed by atoms with Crippen molar-refractivity contribution in [3.8, 4) is 17.4 Å². The van der Waals surface area contributed by atoms with E-state index < -0.39 is 0 Å². The summed E-state index contributed by atoms with van der Waals surface area (Å²) in [5, 5.41) is 11.4. The van der Waals surface area contributed by atoms with Crippen molar-refractivity contribution in [2.45, 2.75) is 25.4 Å². The van der Waals surface area contributed by atoms with Gasteiger partial charge in [-0.3, -0.25) is 5.41 Å². The standard InChI is InChI=1S/C28H25N5O2/c1-34-21-10-7-20(8-11-21)24-25-22-6-3-2-5-19(22)9-12-23(25)35-28-26(24)27(29)33(18-31-28)15-4-14-32-16-13-30-17-32/h2-3,5-13,16-18,24,29H,4,14-15H2,1H3/t24-/m0/s1. The van der Waals surface area contributed by atoms with E-state index in [-0.39, 0.29) is 5.92 Å². The Kier molecular flexibility index (Phi) is 5.29. The van der Waals surface area contributed by atoms with E-state index in [1.54, 1.807) is 19.6 Å². The molecular weight excluding hydrogens is 438 g/mol. The Bertz CT molecular complexity index is 1560. The van der Waals surface area contributed by atoms with Gasteiger partial charge in [-0.05, 0) is 41.0 Å². The normalized spacial score (nSPS) is 14.3. The zero-order valence-electron chi connectivity index (χ0n) is 19.4. The summed E-state index contributed by atoms with van der Waals surface area (Å²) in [6.07, 6.45) is 8.12. The van der Waals surface area contributed by atoms with Crippen molar-refractivity contribution < 1.29 is 9.47 Å². The molecular formula is C28H25N5O2. The average molecular weight is 464 g/mol. The number of nitrogens with one attached hydrogen (secondary N) is 1. The number of ether oxygens (including phenoxy) is 2. The van der Waals surface area contributed by atoms with Crippen molar-refractivity contribution in [1.82, 2.24) is 19.1 Å². The molecule has 174 valence electrons. The Hall–Kier alpha value is -4.39. The summed E-state index contributed by atoms with van der Waals surface area (Å²) in [5.74, 6) is 1.88. The number of methoxy groups -OCH3 is 1. The van der Waals surface area contributed by atoms with Gasteiger partial charge in [-0.2, -0.15) is 0 Å². The minimum atomic E-state index is -0.188. The fraction of sp³-hybridized carbons (Fsp3) is 0.179. The molecule has 0 saturated heterocycles. The molecule has 0 fully saturated rings. The number of hydrogen-bond acceptors (Lipinski definition) is 5. The van der Waals surface area contributed by atoms with Gasteiger partial charge in [-0.15, -0.1) is 0 Å². The lowest BCUT2D eigenvalue weighted by molar-refractivity contribution is 0.413. The summed E-state index contributed by atoms with van der Waals surface area (Å²) >= 11 is 0. The van der Waals surface area contributed by atoms with Crippen LogP contribution in [0, 0.1) is 5.41 Å². The van der Waals surface area contributed by atoms with Gasteiger partial charge in [0.25, 0.3) is 0 Å². The van der Waals surface area contributed by atoms with Crippen molar-refractivity contribution in [1.29, 1.82) is 5.41 Å². The molecule has 3 aromatic carbocycles. The lowest BCUT2D eigenvalue weighted by Crippen LogP contribution is -2.30. The van der Waals surface area contributed by atoms with E-state index in [2.05, 4.69) is 40.3 Å². The molecule has 1 aliphatic rings. The third-order valence-corrected chi connectivity index (χ3v) is 6.63. The number of imidazole rings is 1. The number of fused-ring (bicyclic) bond motifs is 4. The van der Waals surface area contributed by atoms with Gasteiger partial charge in [0.05, 0.1) is 19.0 Å². The second-order valence-corrected chi connectivity index (χ2v) is 8.67. The largest absolute Gasteiger partial charge is 0.497 e. The third kappa shape index (κ3) is 3.75. The molecule has 0 bridgehead atoms. The summed E-state index contributed by atoms with van der Waals surface area (Å²) in [6, 6.07) is 20.5. The second-order valence-electron chi connectivity index (χ2n) is 8.67. The highest BCUT2D eigenvalue weighted by atomic mass is 16.5. The number of aromatic nitrogens is 4. The van der Waals surface area contributed by atoms with E-state index in [9.17, 15) is 5.41 Å². The van der Waals surface area contributed by atoms with Gasteiger partial charge in [0.2, 0.25) is 5.88 Å². The Morgan fingerprint density at radius 3 is 2.63 bits per heavy atom.